The molecule has 152 valence electrons. The molecule has 0 bridgehead atoms. The number of hydrogen-bond acceptors (Lipinski definition) is 5. The fourth-order valence-electron chi connectivity index (χ4n) is 3.98. The Balaban J connectivity index is 1.63. The summed E-state index contributed by atoms with van der Waals surface area (Å²) in [6, 6.07) is 13.1. The van der Waals surface area contributed by atoms with Crippen molar-refractivity contribution in [3.63, 3.8) is 0 Å². The predicted octanol–water partition coefficient (Wildman–Crippen LogP) is 4.88. The SMILES string of the molecule is C[C@@H]1CCc2c(sc3nc(SCC(=O)c4ccc[nH]4)n(-c4ccccc4)c(=O)c23)C1. The number of para-hydroxylation sites is 1. The molecular weight excluding hydrogens is 414 g/mol. The van der Waals surface area contributed by atoms with Gasteiger partial charge in [-0.15, -0.1) is 11.3 Å². The van der Waals surface area contributed by atoms with E-state index in [-0.39, 0.29) is 17.1 Å². The first-order valence-electron chi connectivity index (χ1n) is 10.0. The first-order chi connectivity index (χ1) is 14.6. The van der Waals surface area contributed by atoms with Gasteiger partial charge in [-0.3, -0.25) is 14.2 Å². The Labute approximate surface area is 182 Å². The molecule has 1 N–H and O–H groups in total. The summed E-state index contributed by atoms with van der Waals surface area (Å²) in [5, 5.41) is 1.32. The maximum Gasteiger partial charge on any atom is 0.267 e. The number of ketones is 1. The van der Waals surface area contributed by atoms with Crippen molar-refractivity contribution < 1.29 is 4.79 Å². The summed E-state index contributed by atoms with van der Waals surface area (Å²) in [6.07, 6.45) is 4.78. The van der Waals surface area contributed by atoms with E-state index in [2.05, 4.69) is 11.9 Å². The number of benzene rings is 1. The number of thiophene rings is 1. The third-order valence-corrected chi connectivity index (χ3v) is 7.63. The number of hydrogen-bond donors (Lipinski definition) is 1. The van der Waals surface area contributed by atoms with Crippen molar-refractivity contribution in [1.29, 1.82) is 0 Å². The molecule has 7 heteroatoms. The molecule has 0 unspecified atom stereocenters. The Hall–Kier alpha value is -2.64. The number of carbonyl (C=O) groups is 1. The largest absolute Gasteiger partial charge is 0.359 e. The van der Waals surface area contributed by atoms with Crippen LogP contribution in [0.1, 0.15) is 34.3 Å². The number of H-pyrrole nitrogens is 1. The molecule has 0 saturated carbocycles. The molecule has 0 aliphatic heterocycles. The van der Waals surface area contributed by atoms with Crippen molar-refractivity contribution >= 4 is 39.1 Å². The smallest absolute Gasteiger partial charge is 0.267 e. The van der Waals surface area contributed by atoms with Gasteiger partial charge in [0.15, 0.2) is 10.9 Å². The van der Waals surface area contributed by atoms with Gasteiger partial charge in [-0.05, 0) is 55.0 Å². The molecule has 4 aromatic rings. The van der Waals surface area contributed by atoms with Gasteiger partial charge in [-0.2, -0.15) is 0 Å². The Morgan fingerprint density at radius 1 is 1.27 bits per heavy atom. The van der Waals surface area contributed by atoms with Crippen LogP contribution in [0.15, 0.2) is 58.6 Å². The molecule has 5 rings (SSSR count). The number of aromatic amines is 1. The standard InChI is InChI=1S/C23H21N3O2S2/c1-14-9-10-16-19(12-14)30-21-20(16)22(28)26(15-6-3-2-4-7-15)23(25-21)29-13-18(27)17-8-5-11-24-17/h2-8,11,14,24H,9-10,12-13H2,1H3/t14-/m1/s1. The minimum Gasteiger partial charge on any atom is -0.359 e. The van der Waals surface area contributed by atoms with Gasteiger partial charge < -0.3 is 4.98 Å². The lowest BCUT2D eigenvalue weighted by molar-refractivity contribution is 0.101. The average molecular weight is 436 g/mol. The van der Waals surface area contributed by atoms with E-state index in [1.807, 2.05) is 30.3 Å². The van der Waals surface area contributed by atoms with Gasteiger partial charge in [-0.1, -0.05) is 36.9 Å². The zero-order chi connectivity index (χ0) is 20.7. The predicted molar refractivity (Wildman–Crippen MR) is 122 cm³/mol. The highest BCUT2D eigenvalue weighted by molar-refractivity contribution is 7.99. The Morgan fingerprint density at radius 3 is 2.87 bits per heavy atom. The number of rotatable bonds is 5. The lowest BCUT2D eigenvalue weighted by atomic mass is 9.89. The fourth-order valence-corrected chi connectivity index (χ4v) is 6.30. The van der Waals surface area contributed by atoms with Crippen molar-refractivity contribution in [3.05, 3.63) is 75.1 Å². The van der Waals surface area contributed by atoms with Crippen LogP contribution in [0.4, 0.5) is 0 Å². The topological polar surface area (TPSA) is 67.8 Å². The van der Waals surface area contributed by atoms with Gasteiger partial charge >= 0.3 is 0 Å². The van der Waals surface area contributed by atoms with Crippen LogP contribution >= 0.6 is 23.1 Å². The summed E-state index contributed by atoms with van der Waals surface area (Å²) in [4.78, 5) is 36.1. The van der Waals surface area contributed by atoms with E-state index in [1.165, 1.54) is 22.2 Å². The van der Waals surface area contributed by atoms with Crippen molar-refractivity contribution in [2.45, 2.75) is 31.3 Å². The summed E-state index contributed by atoms with van der Waals surface area (Å²) >= 11 is 2.95. The number of Topliss-reactive ketones (excluding diaryl/α,β-unsaturated/α-hetero) is 1. The number of fused-ring (bicyclic) bond motifs is 3. The normalized spacial score (nSPS) is 16.0. The monoisotopic (exact) mass is 435 g/mol. The van der Waals surface area contributed by atoms with Crippen LogP contribution < -0.4 is 5.56 Å². The van der Waals surface area contributed by atoms with Crippen LogP contribution in [0.2, 0.25) is 0 Å². The lowest BCUT2D eigenvalue weighted by Gasteiger charge is -2.17. The van der Waals surface area contributed by atoms with E-state index in [4.69, 9.17) is 4.98 Å². The molecular formula is C23H21N3O2S2. The summed E-state index contributed by atoms with van der Waals surface area (Å²) in [7, 11) is 0. The van der Waals surface area contributed by atoms with Crippen LogP contribution in [0.25, 0.3) is 15.9 Å². The highest BCUT2D eigenvalue weighted by atomic mass is 32.2. The van der Waals surface area contributed by atoms with Crippen molar-refractivity contribution in [3.8, 4) is 5.69 Å². The molecule has 0 spiro atoms. The third kappa shape index (κ3) is 3.42. The maximum absolute atomic E-state index is 13.7. The van der Waals surface area contributed by atoms with Gasteiger partial charge in [0.05, 0.1) is 22.5 Å². The second kappa shape index (κ2) is 7.89. The Kier molecular flexibility index (Phi) is 5.08. The van der Waals surface area contributed by atoms with E-state index in [0.29, 0.717) is 16.8 Å². The number of aryl methyl sites for hydroxylation is 1. The molecule has 0 fully saturated rings. The van der Waals surface area contributed by atoms with Crippen LogP contribution in [-0.4, -0.2) is 26.1 Å². The zero-order valence-electron chi connectivity index (χ0n) is 16.6. The number of nitrogens with zero attached hydrogens (tertiary/aromatic N) is 2. The highest BCUT2D eigenvalue weighted by Gasteiger charge is 2.25. The molecule has 3 heterocycles. The first-order valence-corrected chi connectivity index (χ1v) is 11.8. The Bertz CT molecular complexity index is 1270. The van der Waals surface area contributed by atoms with Gasteiger partial charge in [0.25, 0.3) is 5.56 Å². The molecule has 1 atom stereocenters. The minimum absolute atomic E-state index is 0.0155. The molecule has 1 aliphatic rings. The molecule has 30 heavy (non-hydrogen) atoms. The van der Waals surface area contributed by atoms with Crippen LogP contribution in [-0.2, 0) is 12.8 Å². The quantitative estimate of drug-likeness (QED) is 0.276. The van der Waals surface area contributed by atoms with Crippen LogP contribution in [0, 0.1) is 5.92 Å². The second-order valence-electron chi connectivity index (χ2n) is 7.70. The van der Waals surface area contributed by atoms with Crippen molar-refractivity contribution in [2.24, 2.45) is 5.92 Å². The summed E-state index contributed by atoms with van der Waals surface area (Å²) < 4.78 is 1.67. The molecule has 3 aromatic heterocycles. The summed E-state index contributed by atoms with van der Waals surface area (Å²) in [5.41, 5.74) is 2.48. The van der Waals surface area contributed by atoms with E-state index in [1.54, 1.807) is 34.2 Å². The molecule has 0 radical (unpaired) electrons. The number of nitrogens with one attached hydrogen (secondary N) is 1. The van der Waals surface area contributed by atoms with Gasteiger partial charge in [0.2, 0.25) is 0 Å². The van der Waals surface area contributed by atoms with Crippen LogP contribution in [0.5, 0.6) is 0 Å². The lowest BCUT2D eigenvalue weighted by Crippen LogP contribution is -2.23. The molecule has 0 saturated heterocycles. The number of aromatic nitrogens is 3. The third-order valence-electron chi connectivity index (χ3n) is 5.54. The van der Waals surface area contributed by atoms with E-state index >= 15 is 0 Å². The van der Waals surface area contributed by atoms with E-state index < -0.39 is 0 Å². The fraction of sp³-hybridized carbons (Fsp3) is 0.261. The average Bonchev–Trinajstić information content (AvgIpc) is 3.40. The van der Waals surface area contributed by atoms with E-state index in [0.717, 1.165) is 35.2 Å². The molecule has 5 nitrogen and oxygen atoms in total. The molecule has 0 amide bonds. The van der Waals surface area contributed by atoms with Crippen LogP contribution in [0.3, 0.4) is 0 Å². The molecule has 1 aliphatic carbocycles. The van der Waals surface area contributed by atoms with E-state index in [9.17, 15) is 9.59 Å². The second-order valence-corrected chi connectivity index (χ2v) is 9.72. The minimum atomic E-state index is -0.0342. The van der Waals surface area contributed by atoms with Crippen molar-refractivity contribution in [1.82, 2.24) is 14.5 Å². The Morgan fingerprint density at radius 2 is 2.10 bits per heavy atom. The van der Waals surface area contributed by atoms with Gasteiger partial charge in [0, 0.05) is 11.1 Å². The number of thioether (sulfide) groups is 1. The molecule has 1 aromatic carbocycles. The zero-order valence-corrected chi connectivity index (χ0v) is 18.2. The first kappa shape index (κ1) is 19.3. The van der Waals surface area contributed by atoms with Crippen molar-refractivity contribution in [2.75, 3.05) is 5.75 Å². The maximum atomic E-state index is 13.7. The number of carbonyl (C=O) groups excluding carboxylic acids is 1. The highest BCUT2D eigenvalue weighted by Crippen LogP contribution is 2.37. The summed E-state index contributed by atoms with van der Waals surface area (Å²) in [5.74, 6) is 0.834. The summed E-state index contributed by atoms with van der Waals surface area (Å²) in [6.45, 7) is 2.26. The van der Waals surface area contributed by atoms with Gasteiger partial charge in [0.1, 0.15) is 4.83 Å². The van der Waals surface area contributed by atoms with Gasteiger partial charge in [-0.25, -0.2) is 4.98 Å².